The van der Waals surface area contributed by atoms with Crippen LogP contribution in [-0.4, -0.2) is 42.3 Å². The molecule has 1 fully saturated rings. The van der Waals surface area contributed by atoms with E-state index in [-0.39, 0.29) is 11.9 Å². The van der Waals surface area contributed by atoms with Crippen LogP contribution >= 0.6 is 0 Å². The van der Waals surface area contributed by atoms with Crippen molar-refractivity contribution in [1.82, 2.24) is 4.90 Å². The van der Waals surface area contributed by atoms with Crippen LogP contribution in [0.25, 0.3) is 0 Å². The summed E-state index contributed by atoms with van der Waals surface area (Å²) in [7, 11) is 1.36. The molecule has 0 aromatic carbocycles. The first-order valence-corrected chi connectivity index (χ1v) is 6.87. The predicted molar refractivity (Wildman–Crippen MR) is 71.8 cm³/mol. The Labute approximate surface area is 115 Å². The van der Waals surface area contributed by atoms with Crippen molar-refractivity contribution in [1.29, 1.82) is 0 Å². The zero-order valence-electron chi connectivity index (χ0n) is 12.6. The van der Waals surface area contributed by atoms with Crippen molar-refractivity contribution in [2.75, 3.05) is 13.7 Å². The van der Waals surface area contributed by atoms with Crippen LogP contribution in [0.4, 0.5) is 4.79 Å². The Balaban J connectivity index is 2.81. The lowest BCUT2D eigenvalue weighted by Crippen LogP contribution is -2.46. The van der Waals surface area contributed by atoms with Gasteiger partial charge in [-0.1, -0.05) is 13.3 Å². The van der Waals surface area contributed by atoms with Gasteiger partial charge in [0.25, 0.3) is 0 Å². The standard InChI is InChI=1S/C14H25NO4/c1-6-7-10-8-9-15(11(10)12(16)18-5)13(17)19-14(2,3)4/h10-11H,6-9H2,1-5H3/t10?,11-/m0/s1. The van der Waals surface area contributed by atoms with E-state index in [0.29, 0.717) is 6.54 Å². The number of nitrogens with zero attached hydrogens (tertiary/aromatic N) is 1. The van der Waals surface area contributed by atoms with Crippen LogP contribution in [0.1, 0.15) is 47.0 Å². The van der Waals surface area contributed by atoms with Crippen LogP contribution in [0.15, 0.2) is 0 Å². The molecule has 2 atom stereocenters. The number of rotatable bonds is 3. The van der Waals surface area contributed by atoms with Crippen molar-refractivity contribution in [2.24, 2.45) is 5.92 Å². The smallest absolute Gasteiger partial charge is 0.411 e. The van der Waals surface area contributed by atoms with Gasteiger partial charge in [0.15, 0.2) is 0 Å². The summed E-state index contributed by atoms with van der Waals surface area (Å²) in [6, 6.07) is -0.500. The second-order valence-electron chi connectivity index (χ2n) is 5.98. The largest absolute Gasteiger partial charge is 0.467 e. The molecule has 0 bridgehead atoms. The van der Waals surface area contributed by atoms with Gasteiger partial charge in [-0.2, -0.15) is 0 Å². The summed E-state index contributed by atoms with van der Waals surface area (Å²) in [6.07, 6.45) is 2.30. The SMILES string of the molecule is CCCC1CCN(C(=O)OC(C)(C)C)[C@@H]1C(=O)OC. The summed E-state index contributed by atoms with van der Waals surface area (Å²) in [5.74, 6) is -0.174. The number of methoxy groups -OCH3 is 1. The molecule has 1 heterocycles. The monoisotopic (exact) mass is 271 g/mol. The molecule has 1 amide bonds. The summed E-state index contributed by atoms with van der Waals surface area (Å²) in [4.78, 5) is 25.6. The number of hydrogen-bond donors (Lipinski definition) is 0. The van der Waals surface area contributed by atoms with Crippen LogP contribution < -0.4 is 0 Å². The Morgan fingerprint density at radius 3 is 2.42 bits per heavy atom. The number of hydrogen-bond acceptors (Lipinski definition) is 4. The van der Waals surface area contributed by atoms with Gasteiger partial charge in [0.2, 0.25) is 0 Å². The van der Waals surface area contributed by atoms with E-state index in [1.165, 1.54) is 12.0 Å². The molecule has 0 spiro atoms. The van der Waals surface area contributed by atoms with E-state index in [9.17, 15) is 9.59 Å². The molecule has 0 N–H and O–H groups in total. The van der Waals surface area contributed by atoms with Crippen LogP contribution in [0.3, 0.4) is 0 Å². The minimum Gasteiger partial charge on any atom is -0.467 e. The molecule has 19 heavy (non-hydrogen) atoms. The van der Waals surface area contributed by atoms with Gasteiger partial charge < -0.3 is 9.47 Å². The quantitative estimate of drug-likeness (QED) is 0.740. The van der Waals surface area contributed by atoms with Crippen molar-refractivity contribution >= 4 is 12.1 Å². The topological polar surface area (TPSA) is 55.8 Å². The highest BCUT2D eigenvalue weighted by Gasteiger charge is 2.43. The molecule has 110 valence electrons. The first kappa shape index (κ1) is 15.8. The van der Waals surface area contributed by atoms with Crippen LogP contribution in [0.5, 0.6) is 0 Å². The molecule has 0 aliphatic carbocycles. The van der Waals surface area contributed by atoms with E-state index in [2.05, 4.69) is 6.92 Å². The highest BCUT2D eigenvalue weighted by atomic mass is 16.6. The van der Waals surface area contributed by atoms with Crippen molar-refractivity contribution in [2.45, 2.75) is 58.6 Å². The Kier molecular flexibility index (Phi) is 5.20. The molecular weight excluding hydrogens is 246 g/mol. The minimum atomic E-state index is -0.555. The van der Waals surface area contributed by atoms with Gasteiger partial charge >= 0.3 is 12.1 Å². The molecular formula is C14H25NO4. The van der Waals surface area contributed by atoms with Gasteiger partial charge in [0, 0.05) is 6.54 Å². The van der Waals surface area contributed by atoms with E-state index in [1.807, 2.05) is 20.8 Å². The first-order chi connectivity index (χ1) is 8.80. The number of carbonyl (C=O) groups excluding carboxylic acids is 2. The summed E-state index contributed by atoms with van der Waals surface area (Å²) in [6.45, 7) is 8.08. The Morgan fingerprint density at radius 1 is 1.32 bits per heavy atom. The maximum absolute atomic E-state index is 12.1. The summed E-state index contributed by atoms with van der Waals surface area (Å²) >= 11 is 0. The third-order valence-corrected chi connectivity index (χ3v) is 3.25. The summed E-state index contributed by atoms with van der Waals surface area (Å²) < 4.78 is 10.2. The molecule has 0 radical (unpaired) electrons. The number of esters is 1. The van der Waals surface area contributed by atoms with Crippen molar-refractivity contribution in [3.05, 3.63) is 0 Å². The third kappa shape index (κ3) is 4.11. The maximum Gasteiger partial charge on any atom is 0.411 e. The maximum atomic E-state index is 12.1. The fraction of sp³-hybridized carbons (Fsp3) is 0.857. The minimum absolute atomic E-state index is 0.171. The molecule has 5 heteroatoms. The van der Waals surface area contributed by atoms with Crippen LogP contribution in [0.2, 0.25) is 0 Å². The van der Waals surface area contributed by atoms with Crippen LogP contribution in [-0.2, 0) is 14.3 Å². The summed E-state index contributed by atoms with van der Waals surface area (Å²) in [5, 5.41) is 0. The molecule has 1 saturated heterocycles. The lowest BCUT2D eigenvalue weighted by Gasteiger charge is -2.29. The number of ether oxygens (including phenoxy) is 2. The van der Waals surface area contributed by atoms with E-state index >= 15 is 0 Å². The van der Waals surface area contributed by atoms with Gasteiger partial charge in [-0.25, -0.2) is 9.59 Å². The lowest BCUT2D eigenvalue weighted by molar-refractivity contribution is -0.147. The predicted octanol–water partition coefficient (Wildman–Crippen LogP) is 2.59. The second kappa shape index (κ2) is 6.26. The van der Waals surface area contributed by atoms with Gasteiger partial charge in [0.05, 0.1) is 7.11 Å². The average molecular weight is 271 g/mol. The van der Waals surface area contributed by atoms with E-state index in [0.717, 1.165) is 19.3 Å². The summed E-state index contributed by atoms with van der Waals surface area (Å²) in [5.41, 5.74) is -0.555. The molecule has 1 aliphatic rings. The zero-order chi connectivity index (χ0) is 14.6. The lowest BCUT2D eigenvalue weighted by atomic mass is 9.95. The highest BCUT2D eigenvalue weighted by molar-refractivity contribution is 5.82. The fourth-order valence-electron chi connectivity index (χ4n) is 2.50. The van der Waals surface area contributed by atoms with Gasteiger partial charge in [-0.15, -0.1) is 0 Å². The first-order valence-electron chi connectivity index (χ1n) is 6.87. The van der Waals surface area contributed by atoms with Gasteiger partial charge in [-0.3, -0.25) is 4.90 Å². The van der Waals surface area contributed by atoms with Crippen molar-refractivity contribution in [3.63, 3.8) is 0 Å². The van der Waals surface area contributed by atoms with Crippen LogP contribution in [0, 0.1) is 5.92 Å². The third-order valence-electron chi connectivity index (χ3n) is 3.25. The molecule has 1 unspecified atom stereocenters. The van der Waals surface area contributed by atoms with Crippen molar-refractivity contribution < 1.29 is 19.1 Å². The Bertz CT molecular complexity index is 335. The van der Waals surface area contributed by atoms with Gasteiger partial charge in [-0.05, 0) is 39.5 Å². The Morgan fingerprint density at radius 2 is 1.95 bits per heavy atom. The molecule has 0 aromatic rings. The highest BCUT2D eigenvalue weighted by Crippen LogP contribution is 2.30. The number of likely N-dealkylation sites (tertiary alicyclic amines) is 1. The van der Waals surface area contributed by atoms with Crippen molar-refractivity contribution in [3.8, 4) is 0 Å². The normalized spacial score (nSPS) is 23.3. The fourth-order valence-corrected chi connectivity index (χ4v) is 2.50. The number of carbonyl (C=O) groups is 2. The van der Waals surface area contributed by atoms with E-state index in [1.54, 1.807) is 0 Å². The van der Waals surface area contributed by atoms with Gasteiger partial charge in [0.1, 0.15) is 11.6 Å². The van der Waals surface area contributed by atoms with E-state index < -0.39 is 17.7 Å². The Hall–Kier alpha value is -1.26. The molecule has 0 aromatic heterocycles. The second-order valence-corrected chi connectivity index (χ2v) is 5.98. The number of amides is 1. The molecule has 5 nitrogen and oxygen atoms in total. The molecule has 0 saturated carbocycles. The van der Waals surface area contributed by atoms with E-state index in [4.69, 9.17) is 9.47 Å². The zero-order valence-corrected chi connectivity index (χ0v) is 12.6. The molecule has 1 aliphatic heterocycles. The average Bonchev–Trinajstić information content (AvgIpc) is 2.70. The molecule has 1 rings (SSSR count).